The third kappa shape index (κ3) is 7.48. The number of halogens is 1. The molecule has 1 unspecified atom stereocenters. The van der Waals surface area contributed by atoms with Crippen molar-refractivity contribution < 1.29 is 4.79 Å². The number of fused-ring (bicyclic) bond motifs is 4. The molecular weight excluding hydrogens is 472 g/mol. The lowest BCUT2D eigenvalue weighted by molar-refractivity contribution is 0.224. The molecule has 192 valence electrons. The summed E-state index contributed by atoms with van der Waals surface area (Å²) in [6.07, 6.45) is 7.09. The second kappa shape index (κ2) is 12.8. The maximum Gasteiger partial charge on any atom is 0.319 e. The fourth-order valence-corrected chi connectivity index (χ4v) is 4.76. The number of likely N-dealkylation sites (tertiary alicyclic amines) is 1. The van der Waals surface area contributed by atoms with Crippen molar-refractivity contribution in [2.45, 2.75) is 52.1 Å². The Morgan fingerprint density at radius 1 is 1.14 bits per heavy atom. The highest BCUT2D eigenvalue weighted by molar-refractivity contribution is 6.44. The van der Waals surface area contributed by atoms with Gasteiger partial charge < -0.3 is 26.2 Å². The van der Waals surface area contributed by atoms with E-state index in [9.17, 15) is 4.79 Å². The Balaban J connectivity index is 1.52. The van der Waals surface area contributed by atoms with Gasteiger partial charge in [-0.15, -0.1) is 0 Å². The molecule has 0 radical (unpaired) electrons. The highest BCUT2D eigenvalue weighted by Gasteiger charge is 2.14. The molecule has 1 atom stereocenters. The molecule has 36 heavy (non-hydrogen) atoms. The van der Waals surface area contributed by atoms with Gasteiger partial charge in [-0.25, -0.2) is 9.79 Å². The van der Waals surface area contributed by atoms with Crippen LogP contribution in [0.5, 0.6) is 0 Å². The van der Waals surface area contributed by atoms with Crippen LogP contribution in [0.25, 0.3) is 0 Å². The average molecular weight is 509 g/mol. The van der Waals surface area contributed by atoms with Crippen LogP contribution in [0.4, 0.5) is 21.9 Å². The van der Waals surface area contributed by atoms with Crippen molar-refractivity contribution in [1.29, 1.82) is 0 Å². The number of aryl methyl sites for hydroxylation is 2. The van der Waals surface area contributed by atoms with Gasteiger partial charge in [-0.05, 0) is 94.1 Å². The Bertz CT molecular complexity index is 1110. The molecule has 2 aromatic rings. The number of amidine groups is 1. The molecule has 2 heterocycles. The van der Waals surface area contributed by atoms with Crippen molar-refractivity contribution in [3.8, 4) is 0 Å². The zero-order valence-corrected chi connectivity index (χ0v) is 22.0. The maximum atomic E-state index is 12.7. The van der Waals surface area contributed by atoms with Crippen LogP contribution >= 0.6 is 11.6 Å². The molecule has 0 spiro atoms. The number of benzene rings is 2. The van der Waals surface area contributed by atoms with E-state index in [1.54, 1.807) is 0 Å². The van der Waals surface area contributed by atoms with E-state index in [-0.39, 0.29) is 12.2 Å². The number of aliphatic imine (C=N–C) groups is 1. The number of hydrogen-bond donors (Lipinski definition) is 4. The van der Waals surface area contributed by atoms with Crippen LogP contribution in [0.2, 0.25) is 0 Å². The summed E-state index contributed by atoms with van der Waals surface area (Å²) in [5, 5.41) is 13.4. The molecule has 4 rings (SSSR count). The monoisotopic (exact) mass is 508 g/mol. The highest BCUT2D eigenvalue weighted by Crippen LogP contribution is 2.25. The second-order valence-corrected chi connectivity index (χ2v) is 9.82. The number of carbonyl (C=O) groups excluding carboxylic acids is 1. The first-order chi connectivity index (χ1) is 17.5. The predicted octanol–water partition coefficient (Wildman–Crippen LogP) is 5.80. The van der Waals surface area contributed by atoms with E-state index in [0.29, 0.717) is 17.4 Å². The number of piperidine rings is 1. The minimum atomic E-state index is -0.175. The Kier molecular flexibility index (Phi) is 9.25. The summed E-state index contributed by atoms with van der Waals surface area (Å²) in [5.74, 6) is 0.594. The van der Waals surface area contributed by atoms with Crippen LogP contribution in [0, 0.1) is 0 Å². The van der Waals surface area contributed by atoms with Gasteiger partial charge in [-0.2, -0.15) is 0 Å². The summed E-state index contributed by atoms with van der Waals surface area (Å²) in [4.78, 5) is 19.9. The number of nitrogens with zero attached hydrogens (tertiary/aromatic N) is 2. The quantitative estimate of drug-likeness (QED) is 0.411. The van der Waals surface area contributed by atoms with E-state index in [0.717, 1.165) is 55.1 Å². The van der Waals surface area contributed by atoms with Gasteiger partial charge >= 0.3 is 6.03 Å². The number of rotatable bonds is 5. The fraction of sp³-hybridized carbons (Fsp3) is 0.429. The molecule has 0 saturated carbocycles. The van der Waals surface area contributed by atoms with Gasteiger partial charge in [0.1, 0.15) is 12.0 Å². The van der Waals surface area contributed by atoms with Crippen LogP contribution in [0.15, 0.2) is 58.6 Å². The van der Waals surface area contributed by atoms with Crippen LogP contribution in [0.1, 0.15) is 44.2 Å². The van der Waals surface area contributed by atoms with Crippen LogP contribution in [-0.2, 0) is 12.8 Å². The van der Waals surface area contributed by atoms with E-state index >= 15 is 0 Å². The number of allylic oxidation sites excluding steroid dienone is 1. The van der Waals surface area contributed by atoms with Crippen molar-refractivity contribution in [1.82, 2.24) is 10.2 Å². The fourth-order valence-electron chi connectivity index (χ4n) is 4.67. The number of nitrogens with one attached hydrogen (secondary N) is 4. The first kappa shape index (κ1) is 26.0. The smallest absolute Gasteiger partial charge is 0.319 e. The summed E-state index contributed by atoms with van der Waals surface area (Å²) < 4.78 is 0. The predicted molar refractivity (Wildman–Crippen MR) is 151 cm³/mol. The number of urea groups is 1. The summed E-state index contributed by atoms with van der Waals surface area (Å²) in [6.45, 7) is 7.66. The lowest BCUT2D eigenvalue weighted by atomic mass is 10.0. The van der Waals surface area contributed by atoms with Gasteiger partial charge in [0.05, 0.1) is 5.03 Å². The van der Waals surface area contributed by atoms with Crippen LogP contribution in [-0.4, -0.2) is 49.1 Å². The number of hydrogen-bond acceptors (Lipinski definition) is 5. The molecule has 2 amide bonds. The van der Waals surface area contributed by atoms with Crippen molar-refractivity contribution in [2.75, 3.05) is 42.1 Å². The van der Waals surface area contributed by atoms with E-state index < -0.39 is 0 Å². The summed E-state index contributed by atoms with van der Waals surface area (Å²) in [6, 6.07) is 14.2. The first-order valence-electron chi connectivity index (χ1n) is 12.9. The van der Waals surface area contributed by atoms with E-state index in [1.807, 2.05) is 38.1 Å². The van der Waals surface area contributed by atoms with Crippen molar-refractivity contribution in [2.24, 2.45) is 4.99 Å². The number of amides is 2. The normalized spacial score (nSPS) is 20.4. The molecule has 0 aromatic heterocycles. The third-order valence-electron chi connectivity index (χ3n) is 6.57. The SMILES string of the molecule is C/C=C(Cl)\C1=N/C(C)Nc2cccc(c2)CCc2cc(ccc2NC(=O)NCCN2CCCCC2)N1. The van der Waals surface area contributed by atoms with Crippen molar-refractivity contribution in [3.63, 3.8) is 0 Å². The van der Waals surface area contributed by atoms with E-state index in [2.05, 4.69) is 50.4 Å². The summed E-state index contributed by atoms with van der Waals surface area (Å²) in [7, 11) is 0. The highest BCUT2D eigenvalue weighted by atomic mass is 35.5. The van der Waals surface area contributed by atoms with Crippen LogP contribution < -0.4 is 21.3 Å². The van der Waals surface area contributed by atoms with Gasteiger partial charge in [0, 0.05) is 30.2 Å². The van der Waals surface area contributed by atoms with Gasteiger partial charge in [0.15, 0.2) is 0 Å². The summed E-state index contributed by atoms with van der Waals surface area (Å²) in [5.41, 5.74) is 4.96. The second-order valence-electron chi connectivity index (χ2n) is 9.42. The molecular formula is C28H37ClN6O. The Morgan fingerprint density at radius 2 is 1.97 bits per heavy atom. The largest absolute Gasteiger partial charge is 0.364 e. The molecule has 7 nitrogen and oxygen atoms in total. The molecule has 1 fully saturated rings. The lowest BCUT2D eigenvalue weighted by Gasteiger charge is -2.26. The molecule has 2 aliphatic rings. The molecule has 0 aliphatic carbocycles. The molecule has 4 bridgehead atoms. The van der Waals surface area contributed by atoms with Gasteiger partial charge in [0.2, 0.25) is 0 Å². The minimum Gasteiger partial charge on any atom is -0.364 e. The number of anilines is 3. The minimum absolute atomic E-state index is 0.175. The lowest BCUT2D eigenvalue weighted by Crippen LogP contribution is -2.39. The average Bonchev–Trinajstić information content (AvgIpc) is 2.88. The van der Waals surface area contributed by atoms with Gasteiger partial charge in [-0.3, -0.25) is 0 Å². The maximum absolute atomic E-state index is 12.7. The Hall–Kier alpha value is -3.03. The van der Waals surface area contributed by atoms with Gasteiger partial charge in [0.25, 0.3) is 0 Å². The molecule has 2 aromatic carbocycles. The van der Waals surface area contributed by atoms with Crippen molar-refractivity contribution in [3.05, 3.63) is 64.7 Å². The molecule has 8 heteroatoms. The third-order valence-corrected chi connectivity index (χ3v) is 6.96. The molecule has 1 saturated heterocycles. The molecule has 4 N–H and O–H groups in total. The van der Waals surface area contributed by atoms with Gasteiger partial charge in [-0.1, -0.05) is 36.2 Å². The van der Waals surface area contributed by atoms with E-state index in [1.165, 1.54) is 24.8 Å². The standard InChI is InChI=1S/C28H37ClN6O/c1-3-25(29)27-32-20(2)31-23-9-7-8-21(18-23)10-11-22-19-24(33-27)12-13-26(22)34-28(36)30-14-17-35-15-5-4-6-16-35/h3,7-9,12-13,18-20,31H,4-6,10-11,14-17H2,1-2H3,(H,32,33)(H2,30,34,36)/b25-3+. The number of carbonyl (C=O) groups is 1. The van der Waals surface area contributed by atoms with Crippen LogP contribution in [0.3, 0.4) is 0 Å². The van der Waals surface area contributed by atoms with Crippen molar-refractivity contribution >= 4 is 40.5 Å². The Morgan fingerprint density at radius 3 is 2.78 bits per heavy atom. The Labute approximate surface area is 219 Å². The first-order valence-corrected chi connectivity index (χ1v) is 13.3. The summed E-state index contributed by atoms with van der Waals surface area (Å²) >= 11 is 6.49. The topological polar surface area (TPSA) is 80.8 Å². The van der Waals surface area contributed by atoms with E-state index in [4.69, 9.17) is 16.6 Å². The zero-order chi connectivity index (χ0) is 25.3. The molecule has 2 aliphatic heterocycles. The zero-order valence-electron chi connectivity index (χ0n) is 21.2.